The second-order valence-electron chi connectivity index (χ2n) is 2.93. The lowest BCUT2D eigenvalue weighted by Gasteiger charge is -2.23. The SMILES string of the molecule is C=CS/C(=C\C)C(O)(C(=O)O)c1cccs1.CC. The van der Waals surface area contributed by atoms with Crippen molar-refractivity contribution in [1.29, 1.82) is 0 Å². The zero-order valence-corrected chi connectivity index (χ0v) is 12.3. The van der Waals surface area contributed by atoms with Crippen LogP contribution in [0.25, 0.3) is 0 Å². The van der Waals surface area contributed by atoms with E-state index in [0.29, 0.717) is 9.78 Å². The fourth-order valence-corrected chi connectivity index (χ4v) is 2.85. The number of thioether (sulfide) groups is 1. The summed E-state index contributed by atoms with van der Waals surface area (Å²) >= 11 is 2.32. The van der Waals surface area contributed by atoms with Crippen molar-refractivity contribution in [2.75, 3.05) is 0 Å². The van der Waals surface area contributed by atoms with E-state index in [1.54, 1.807) is 30.5 Å². The predicted molar refractivity (Wildman–Crippen MR) is 78.7 cm³/mol. The molecule has 1 unspecified atom stereocenters. The first kappa shape index (κ1) is 17.0. The van der Waals surface area contributed by atoms with Gasteiger partial charge in [0.1, 0.15) is 0 Å². The third-order valence-electron chi connectivity index (χ3n) is 2.02. The van der Waals surface area contributed by atoms with Crippen LogP contribution in [0.4, 0.5) is 0 Å². The van der Waals surface area contributed by atoms with Gasteiger partial charge >= 0.3 is 5.97 Å². The summed E-state index contributed by atoms with van der Waals surface area (Å²) in [4.78, 5) is 12.0. The summed E-state index contributed by atoms with van der Waals surface area (Å²) < 4.78 is 0. The third kappa shape index (κ3) is 3.48. The highest BCUT2D eigenvalue weighted by Gasteiger charge is 2.42. The highest BCUT2D eigenvalue weighted by Crippen LogP contribution is 2.39. The van der Waals surface area contributed by atoms with Gasteiger partial charge in [-0.15, -0.1) is 11.3 Å². The average Bonchev–Trinajstić information content (AvgIpc) is 2.91. The van der Waals surface area contributed by atoms with Gasteiger partial charge in [0.05, 0.1) is 4.88 Å². The van der Waals surface area contributed by atoms with Crippen LogP contribution in [0.5, 0.6) is 0 Å². The summed E-state index contributed by atoms with van der Waals surface area (Å²) in [5, 5.41) is 22.7. The fourth-order valence-electron chi connectivity index (χ4n) is 1.27. The summed E-state index contributed by atoms with van der Waals surface area (Å²) in [6.07, 6.45) is 1.58. The van der Waals surface area contributed by atoms with Crippen LogP contribution in [0.1, 0.15) is 25.6 Å². The van der Waals surface area contributed by atoms with Crippen molar-refractivity contribution in [3.05, 3.63) is 45.4 Å². The van der Waals surface area contributed by atoms with Crippen molar-refractivity contribution in [2.45, 2.75) is 26.4 Å². The van der Waals surface area contributed by atoms with Crippen LogP contribution in [0.15, 0.2) is 40.5 Å². The molecule has 0 bridgehead atoms. The molecule has 0 spiro atoms. The zero-order chi connectivity index (χ0) is 14.2. The van der Waals surface area contributed by atoms with Gasteiger partial charge in [-0.25, -0.2) is 4.79 Å². The van der Waals surface area contributed by atoms with Crippen LogP contribution in [0.3, 0.4) is 0 Å². The summed E-state index contributed by atoms with van der Waals surface area (Å²) in [6, 6.07) is 3.31. The average molecular weight is 286 g/mol. The minimum atomic E-state index is -1.97. The second kappa shape index (κ2) is 8.13. The Morgan fingerprint density at radius 2 is 2.17 bits per heavy atom. The van der Waals surface area contributed by atoms with Crippen LogP contribution < -0.4 is 0 Å². The Morgan fingerprint density at radius 1 is 1.56 bits per heavy atom. The molecule has 5 heteroatoms. The van der Waals surface area contributed by atoms with Crippen LogP contribution in [-0.2, 0) is 10.4 Å². The molecule has 0 amide bonds. The molecule has 1 aromatic rings. The molecule has 0 saturated carbocycles. The Kier molecular flexibility index (Phi) is 7.66. The first-order valence-electron chi connectivity index (χ1n) is 5.51. The number of thiophene rings is 1. The van der Waals surface area contributed by atoms with Gasteiger partial charge in [-0.1, -0.05) is 44.3 Å². The Morgan fingerprint density at radius 3 is 2.50 bits per heavy atom. The Bertz CT molecular complexity index is 410. The predicted octanol–water partition coefficient (Wildman–Crippen LogP) is 3.83. The van der Waals surface area contributed by atoms with Gasteiger partial charge in [0, 0.05) is 4.91 Å². The first-order chi connectivity index (χ1) is 8.57. The van der Waals surface area contributed by atoms with Gasteiger partial charge in [0.25, 0.3) is 0 Å². The van der Waals surface area contributed by atoms with Crippen molar-refractivity contribution in [3.8, 4) is 0 Å². The molecule has 1 rings (SSSR count). The summed E-state index contributed by atoms with van der Waals surface area (Å²) in [6.45, 7) is 9.21. The standard InChI is InChI=1S/C11H12O3S2.C2H6/c1-3-8(15-4-2)11(14,10(12)13)9-6-5-7-16-9;1-2/h3-7,14H,2H2,1H3,(H,12,13);1-2H3/b8-3-;. The quantitative estimate of drug-likeness (QED) is 0.863. The number of rotatable bonds is 5. The maximum Gasteiger partial charge on any atom is 0.346 e. The highest BCUT2D eigenvalue weighted by atomic mass is 32.2. The van der Waals surface area contributed by atoms with Crippen molar-refractivity contribution in [1.82, 2.24) is 0 Å². The molecular weight excluding hydrogens is 268 g/mol. The minimum absolute atomic E-state index is 0.345. The van der Waals surface area contributed by atoms with Crippen molar-refractivity contribution in [2.24, 2.45) is 0 Å². The normalized spacial score (nSPS) is 14.1. The molecule has 0 fully saturated rings. The molecule has 18 heavy (non-hydrogen) atoms. The summed E-state index contributed by atoms with van der Waals surface area (Å²) in [5.74, 6) is -1.28. The highest BCUT2D eigenvalue weighted by molar-refractivity contribution is 8.05. The maximum absolute atomic E-state index is 11.3. The van der Waals surface area contributed by atoms with Gasteiger partial charge in [0.2, 0.25) is 5.60 Å². The van der Waals surface area contributed by atoms with E-state index < -0.39 is 11.6 Å². The van der Waals surface area contributed by atoms with Crippen molar-refractivity contribution in [3.63, 3.8) is 0 Å². The van der Waals surface area contributed by atoms with E-state index in [-0.39, 0.29) is 0 Å². The van der Waals surface area contributed by atoms with E-state index in [0.717, 1.165) is 11.8 Å². The van der Waals surface area contributed by atoms with Crippen molar-refractivity contribution < 1.29 is 15.0 Å². The number of aliphatic hydroxyl groups is 1. The Hall–Kier alpha value is -1.04. The number of hydrogen-bond acceptors (Lipinski definition) is 4. The monoisotopic (exact) mass is 286 g/mol. The van der Waals surface area contributed by atoms with E-state index in [4.69, 9.17) is 0 Å². The smallest absolute Gasteiger partial charge is 0.346 e. The van der Waals surface area contributed by atoms with Crippen LogP contribution in [-0.4, -0.2) is 16.2 Å². The molecule has 1 aromatic heterocycles. The van der Waals surface area contributed by atoms with Gasteiger partial charge < -0.3 is 10.2 Å². The number of carboxylic acids is 1. The van der Waals surface area contributed by atoms with E-state index in [9.17, 15) is 15.0 Å². The van der Waals surface area contributed by atoms with Gasteiger partial charge in [0.15, 0.2) is 0 Å². The lowest BCUT2D eigenvalue weighted by atomic mass is 10.0. The van der Waals surface area contributed by atoms with E-state index in [2.05, 4.69) is 6.58 Å². The number of hydrogen-bond donors (Lipinski definition) is 2. The minimum Gasteiger partial charge on any atom is -0.479 e. The molecule has 0 radical (unpaired) electrons. The molecule has 0 aliphatic heterocycles. The van der Waals surface area contributed by atoms with Crippen molar-refractivity contribution >= 4 is 29.1 Å². The molecular formula is C13H18O3S2. The lowest BCUT2D eigenvalue weighted by Crippen LogP contribution is -2.35. The van der Waals surface area contributed by atoms with Crippen LogP contribution >= 0.6 is 23.1 Å². The Labute approximate surface area is 116 Å². The molecule has 0 aliphatic rings. The first-order valence-corrected chi connectivity index (χ1v) is 7.27. The third-order valence-corrected chi connectivity index (χ3v) is 3.95. The lowest BCUT2D eigenvalue weighted by molar-refractivity contribution is -0.154. The second-order valence-corrected chi connectivity index (χ2v) is 4.89. The van der Waals surface area contributed by atoms with Gasteiger partial charge in [-0.05, 0) is 23.8 Å². The molecule has 0 aliphatic carbocycles. The molecule has 100 valence electrons. The van der Waals surface area contributed by atoms with E-state index in [1.165, 1.54) is 16.7 Å². The number of carboxylic acid groups (broad SMARTS) is 1. The van der Waals surface area contributed by atoms with Crippen LogP contribution in [0, 0.1) is 0 Å². The van der Waals surface area contributed by atoms with E-state index in [1.807, 2.05) is 13.8 Å². The molecule has 0 aromatic carbocycles. The largest absolute Gasteiger partial charge is 0.479 e. The zero-order valence-electron chi connectivity index (χ0n) is 10.7. The molecule has 3 nitrogen and oxygen atoms in total. The number of aliphatic carboxylic acids is 1. The maximum atomic E-state index is 11.3. The summed E-state index contributed by atoms with van der Waals surface area (Å²) in [7, 11) is 0. The molecule has 0 saturated heterocycles. The summed E-state index contributed by atoms with van der Waals surface area (Å²) in [5.41, 5.74) is -1.97. The molecule has 1 atom stereocenters. The fraction of sp³-hybridized carbons (Fsp3) is 0.308. The topological polar surface area (TPSA) is 57.5 Å². The Balaban J connectivity index is 0.00000137. The molecule has 2 N–H and O–H groups in total. The van der Waals surface area contributed by atoms with Crippen LogP contribution in [0.2, 0.25) is 0 Å². The van der Waals surface area contributed by atoms with Gasteiger partial charge in [-0.2, -0.15) is 0 Å². The number of allylic oxidation sites excluding steroid dienone is 1. The van der Waals surface area contributed by atoms with E-state index >= 15 is 0 Å². The number of carbonyl (C=O) groups is 1. The van der Waals surface area contributed by atoms with Gasteiger partial charge in [-0.3, -0.25) is 0 Å². The molecule has 1 heterocycles.